The highest BCUT2D eigenvalue weighted by Gasteiger charge is 2.20. The van der Waals surface area contributed by atoms with Crippen molar-refractivity contribution >= 4 is 0 Å². The van der Waals surface area contributed by atoms with Crippen molar-refractivity contribution in [1.29, 1.82) is 0 Å². The molecular formula is C16H18N2O. The smallest absolute Gasteiger partial charge is 0.252 e. The predicted molar refractivity (Wildman–Crippen MR) is 77.1 cm³/mol. The normalized spacial score (nSPS) is 14.6. The molecule has 0 unspecified atom stereocenters. The highest BCUT2D eigenvalue weighted by atomic mass is 16.1. The Bertz CT molecular complexity index is 624. The third-order valence-electron chi connectivity index (χ3n) is 3.51. The van der Waals surface area contributed by atoms with Crippen LogP contribution in [0.5, 0.6) is 0 Å². The molecule has 2 N–H and O–H groups in total. The first kappa shape index (κ1) is 12.2. The average molecular weight is 254 g/mol. The van der Waals surface area contributed by atoms with Gasteiger partial charge in [0.15, 0.2) is 0 Å². The lowest BCUT2D eigenvalue weighted by atomic mass is 10.1. The van der Waals surface area contributed by atoms with Crippen LogP contribution in [-0.2, 0) is 6.54 Å². The van der Waals surface area contributed by atoms with Crippen molar-refractivity contribution in [2.45, 2.75) is 32.4 Å². The molecule has 1 aliphatic carbocycles. The van der Waals surface area contributed by atoms with Crippen LogP contribution in [-0.4, -0.2) is 11.0 Å². The van der Waals surface area contributed by atoms with Crippen LogP contribution in [0.3, 0.4) is 0 Å². The molecule has 1 heterocycles. The first-order valence-corrected chi connectivity index (χ1v) is 6.75. The first-order valence-electron chi connectivity index (χ1n) is 6.75. The van der Waals surface area contributed by atoms with Gasteiger partial charge in [-0.25, -0.2) is 0 Å². The summed E-state index contributed by atoms with van der Waals surface area (Å²) in [6.07, 6.45) is 2.47. The van der Waals surface area contributed by atoms with E-state index in [4.69, 9.17) is 0 Å². The Morgan fingerprint density at radius 3 is 2.53 bits per heavy atom. The van der Waals surface area contributed by atoms with E-state index >= 15 is 0 Å². The summed E-state index contributed by atoms with van der Waals surface area (Å²) in [5, 5.41) is 3.36. The van der Waals surface area contributed by atoms with Gasteiger partial charge in [0, 0.05) is 23.8 Å². The second-order valence-electron chi connectivity index (χ2n) is 5.25. The van der Waals surface area contributed by atoms with Gasteiger partial charge in [-0.3, -0.25) is 4.79 Å². The van der Waals surface area contributed by atoms with E-state index in [1.54, 1.807) is 0 Å². The SMILES string of the molecule is Cc1ccc(-c2ccc(CNC3CC3)c(=O)[nH]2)cc1. The molecule has 1 fully saturated rings. The van der Waals surface area contributed by atoms with E-state index in [0.29, 0.717) is 12.6 Å². The first-order chi connectivity index (χ1) is 9.22. The fraction of sp³-hybridized carbons (Fsp3) is 0.312. The van der Waals surface area contributed by atoms with Gasteiger partial charge in [-0.1, -0.05) is 35.9 Å². The number of hydrogen-bond acceptors (Lipinski definition) is 2. The van der Waals surface area contributed by atoms with E-state index in [1.165, 1.54) is 18.4 Å². The summed E-state index contributed by atoms with van der Waals surface area (Å²) in [6, 6.07) is 12.7. The molecule has 0 bridgehead atoms. The third-order valence-corrected chi connectivity index (χ3v) is 3.51. The van der Waals surface area contributed by atoms with Crippen LogP contribution in [0.15, 0.2) is 41.2 Å². The Kier molecular flexibility index (Phi) is 3.22. The monoisotopic (exact) mass is 254 g/mol. The lowest BCUT2D eigenvalue weighted by Gasteiger charge is -2.05. The van der Waals surface area contributed by atoms with E-state index in [1.807, 2.05) is 24.3 Å². The van der Waals surface area contributed by atoms with E-state index in [0.717, 1.165) is 16.8 Å². The molecule has 0 aliphatic heterocycles. The molecule has 0 atom stereocenters. The number of nitrogens with one attached hydrogen (secondary N) is 2. The molecule has 0 saturated heterocycles. The zero-order valence-corrected chi connectivity index (χ0v) is 11.1. The van der Waals surface area contributed by atoms with Crippen molar-refractivity contribution in [3.05, 3.63) is 57.9 Å². The molecule has 3 nitrogen and oxygen atoms in total. The molecule has 98 valence electrons. The molecule has 2 aromatic rings. The van der Waals surface area contributed by atoms with Crippen molar-refractivity contribution in [1.82, 2.24) is 10.3 Å². The molecule has 0 amide bonds. The minimum absolute atomic E-state index is 0.00576. The average Bonchev–Trinajstić information content (AvgIpc) is 3.22. The van der Waals surface area contributed by atoms with E-state index in [2.05, 4.69) is 29.4 Å². The minimum atomic E-state index is 0.00576. The summed E-state index contributed by atoms with van der Waals surface area (Å²) in [7, 11) is 0. The zero-order chi connectivity index (χ0) is 13.2. The van der Waals surface area contributed by atoms with Gasteiger partial charge in [-0.2, -0.15) is 0 Å². The Labute approximate surface area is 112 Å². The lowest BCUT2D eigenvalue weighted by molar-refractivity contribution is 0.682. The summed E-state index contributed by atoms with van der Waals surface area (Å²) in [5.41, 5.74) is 3.95. The molecule has 0 radical (unpaired) electrons. The summed E-state index contributed by atoms with van der Waals surface area (Å²) >= 11 is 0. The standard InChI is InChI=1S/C16H18N2O/c1-11-2-4-12(5-3-11)15-9-6-13(16(19)18-15)10-17-14-7-8-14/h2-6,9,14,17H,7-8,10H2,1H3,(H,18,19). The maximum Gasteiger partial charge on any atom is 0.252 e. The summed E-state index contributed by atoms with van der Waals surface area (Å²) in [5.74, 6) is 0. The maximum absolute atomic E-state index is 12.0. The molecule has 1 saturated carbocycles. The number of hydrogen-bond donors (Lipinski definition) is 2. The number of aryl methyl sites for hydroxylation is 1. The number of aromatic amines is 1. The van der Waals surface area contributed by atoms with Crippen LogP contribution in [0, 0.1) is 6.92 Å². The van der Waals surface area contributed by atoms with Crippen LogP contribution < -0.4 is 10.9 Å². The van der Waals surface area contributed by atoms with Gasteiger partial charge in [-0.15, -0.1) is 0 Å². The second-order valence-corrected chi connectivity index (χ2v) is 5.25. The van der Waals surface area contributed by atoms with Gasteiger partial charge in [-0.05, 0) is 31.4 Å². The molecular weight excluding hydrogens is 236 g/mol. The van der Waals surface area contributed by atoms with Crippen molar-refractivity contribution in [3.8, 4) is 11.3 Å². The molecule has 1 aromatic heterocycles. The van der Waals surface area contributed by atoms with E-state index in [9.17, 15) is 4.79 Å². The highest BCUT2D eigenvalue weighted by Crippen LogP contribution is 2.19. The van der Waals surface area contributed by atoms with Crippen LogP contribution in [0.25, 0.3) is 11.3 Å². The third kappa shape index (κ3) is 2.93. The lowest BCUT2D eigenvalue weighted by Crippen LogP contribution is -2.22. The summed E-state index contributed by atoms with van der Waals surface area (Å²) in [6.45, 7) is 2.72. The zero-order valence-electron chi connectivity index (χ0n) is 11.1. The molecule has 1 aliphatic rings. The van der Waals surface area contributed by atoms with E-state index < -0.39 is 0 Å². The van der Waals surface area contributed by atoms with Crippen molar-refractivity contribution in [3.63, 3.8) is 0 Å². The molecule has 19 heavy (non-hydrogen) atoms. The summed E-state index contributed by atoms with van der Waals surface area (Å²) < 4.78 is 0. The van der Waals surface area contributed by atoms with Gasteiger partial charge in [0.1, 0.15) is 0 Å². The largest absolute Gasteiger partial charge is 0.322 e. The number of rotatable bonds is 4. The van der Waals surface area contributed by atoms with Crippen LogP contribution >= 0.6 is 0 Å². The quantitative estimate of drug-likeness (QED) is 0.881. The fourth-order valence-electron chi connectivity index (χ4n) is 2.09. The van der Waals surface area contributed by atoms with Crippen LogP contribution in [0.2, 0.25) is 0 Å². The minimum Gasteiger partial charge on any atom is -0.322 e. The van der Waals surface area contributed by atoms with Gasteiger partial charge in [0.2, 0.25) is 0 Å². The molecule has 1 aromatic carbocycles. The number of aromatic nitrogens is 1. The summed E-state index contributed by atoms with van der Waals surface area (Å²) in [4.78, 5) is 15.0. The van der Waals surface area contributed by atoms with Gasteiger partial charge in [0.05, 0.1) is 0 Å². The van der Waals surface area contributed by atoms with E-state index in [-0.39, 0.29) is 5.56 Å². The fourth-order valence-corrected chi connectivity index (χ4v) is 2.09. The Morgan fingerprint density at radius 2 is 1.89 bits per heavy atom. The van der Waals surface area contributed by atoms with Gasteiger partial charge < -0.3 is 10.3 Å². The Balaban J connectivity index is 1.81. The van der Waals surface area contributed by atoms with Crippen molar-refractivity contribution in [2.24, 2.45) is 0 Å². The van der Waals surface area contributed by atoms with Crippen molar-refractivity contribution < 1.29 is 0 Å². The molecule has 3 heteroatoms. The Morgan fingerprint density at radius 1 is 1.16 bits per heavy atom. The number of H-pyrrole nitrogens is 1. The highest BCUT2D eigenvalue weighted by molar-refractivity contribution is 5.59. The topological polar surface area (TPSA) is 44.9 Å². The van der Waals surface area contributed by atoms with Crippen LogP contribution in [0.1, 0.15) is 24.0 Å². The van der Waals surface area contributed by atoms with Crippen molar-refractivity contribution in [2.75, 3.05) is 0 Å². The van der Waals surface area contributed by atoms with Crippen LogP contribution in [0.4, 0.5) is 0 Å². The molecule has 3 rings (SSSR count). The Hall–Kier alpha value is -1.87. The molecule has 0 spiro atoms. The van der Waals surface area contributed by atoms with Gasteiger partial charge >= 0.3 is 0 Å². The predicted octanol–water partition coefficient (Wildman–Crippen LogP) is 2.60. The van der Waals surface area contributed by atoms with Gasteiger partial charge in [0.25, 0.3) is 5.56 Å². The number of pyridine rings is 1. The number of benzene rings is 1. The second kappa shape index (κ2) is 5.02. The maximum atomic E-state index is 12.0.